The molecule has 0 aliphatic heterocycles. The Morgan fingerprint density at radius 2 is 1.50 bits per heavy atom. The van der Waals surface area contributed by atoms with Crippen molar-refractivity contribution in [2.24, 2.45) is 0 Å². The number of aromatic nitrogens is 1. The number of hydrogen-bond acceptors (Lipinski definition) is 2. The van der Waals surface area contributed by atoms with Gasteiger partial charge in [-0.2, -0.15) is 0 Å². The summed E-state index contributed by atoms with van der Waals surface area (Å²) in [5, 5.41) is 4.27. The number of benzene rings is 3. The SMILES string of the molecule is CC(NC(=O)c1cc2ccccc2c(=O)[nH]1)c1ccc(-c2ccccc2)cc1. The number of carbonyl (C=O) groups is 1. The van der Waals surface area contributed by atoms with Crippen LogP contribution in [0, 0.1) is 0 Å². The van der Waals surface area contributed by atoms with Crippen LogP contribution < -0.4 is 10.9 Å². The van der Waals surface area contributed by atoms with Crippen LogP contribution in [0.3, 0.4) is 0 Å². The molecule has 0 radical (unpaired) electrons. The van der Waals surface area contributed by atoms with Gasteiger partial charge in [0.2, 0.25) is 0 Å². The molecule has 1 unspecified atom stereocenters. The number of aromatic amines is 1. The van der Waals surface area contributed by atoms with E-state index in [1.54, 1.807) is 18.2 Å². The van der Waals surface area contributed by atoms with Crippen molar-refractivity contribution in [3.63, 3.8) is 0 Å². The average Bonchev–Trinajstić information content (AvgIpc) is 2.74. The second-order valence-electron chi connectivity index (χ2n) is 6.78. The van der Waals surface area contributed by atoms with E-state index in [0.717, 1.165) is 22.1 Å². The van der Waals surface area contributed by atoms with Crippen LogP contribution in [0.1, 0.15) is 29.0 Å². The maximum Gasteiger partial charge on any atom is 0.268 e. The van der Waals surface area contributed by atoms with Gasteiger partial charge < -0.3 is 10.3 Å². The Morgan fingerprint density at radius 1 is 0.857 bits per heavy atom. The number of nitrogens with one attached hydrogen (secondary N) is 2. The van der Waals surface area contributed by atoms with Gasteiger partial charge in [0, 0.05) is 5.39 Å². The van der Waals surface area contributed by atoms with Gasteiger partial charge >= 0.3 is 0 Å². The Bertz CT molecular complexity index is 1180. The van der Waals surface area contributed by atoms with Crippen LogP contribution in [-0.4, -0.2) is 10.9 Å². The summed E-state index contributed by atoms with van der Waals surface area (Å²) < 4.78 is 0. The molecule has 0 aliphatic carbocycles. The first-order valence-electron chi connectivity index (χ1n) is 9.20. The van der Waals surface area contributed by atoms with Crippen LogP contribution in [0.15, 0.2) is 89.7 Å². The van der Waals surface area contributed by atoms with Gasteiger partial charge in [-0.3, -0.25) is 9.59 Å². The molecule has 0 saturated carbocycles. The molecule has 1 heterocycles. The van der Waals surface area contributed by atoms with Gasteiger partial charge in [-0.1, -0.05) is 72.8 Å². The first-order valence-corrected chi connectivity index (χ1v) is 9.20. The van der Waals surface area contributed by atoms with E-state index < -0.39 is 0 Å². The highest BCUT2D eigenvalue weighted by atomic mass is 16.2. The topological polar surface area (TPSA) is 62.0 Å². The molecule has 28 heavy (non-hydrogen) atoms. The van der Waals surface area contributed by atoms with Crippen molar-refractivity contribution in [3.8, 4) is 11.1 Å². The maximum absolute atomic E-state index is 12.6. The predicted octanol–water partition coefficient (Wildman–Crippen LogP) is 4.69. The molecule has 1 aromatic heterocycles. The molecule has 0 fully saturated rings. The second kappa shape index (κ2) is 7.53. The van der Waals surface area contributed by atoms with Crippen molar-refractivity contribution in [3.05, 3.63) is 107 Å². The number of carbonyl (C=O) groups excluding carboxylic acids is 1. The fourth-order valence-corrected chi connectivity index (χ4v) is 3.29. The molecule has 1 atom stereocenters. The highest BCUT2D eigenvalue weighted by molar-refractivity contribution is 5.96. The molecular formula is C24H20N2O2. The van der Waals surface area contributed by atoms with Crippen LogP contribution in [0.5, 0.6) is 0 Å². The van der Waals surface area contributed by atoms with Gasteiger partial charge in [0.05, 0.1) is 6.04 Å². The third-order valence-electron chi connectivity index (χ3n) is 4.86. The molecule has 0 spiro atoms. The fourth-order valence-electron chi connectivity index (χ4n) is 3.29. The average molecular weight is 368 g/mol. The minimum absolute atomic E-state index is 0.188. The van der Waals surface area contributed by atoms with E-state index in [9.17, 15) is 9.59 Å². The summed E-state index contributed by atoms with van der Waals surface area (Å²) >= 11 is 0. The van der Waals surface area contributed by atoms with Crippen molar-refractivity contribution >= 4 is 16.7 Å². The van der Waals surface area contributed by atoms with Gasteiger partial charge in [-0.25, -0.2) is 0 Å². The van der Waals surface area contributed by atoms with E-state index in [0.29, 0.717) is 5.39 Å². The van der Waals surface area contributed by atoms with E-state index in [-0.39, 0.29) is 23.2 Å². The van der Waals surface area contributed by atoms with Crippen molar-refractivity contribution in [2.45, 2.75) is 13.0 Å². The van der Waals surface area contributed by atoms with Crippen molar-refractivity contribution in [1.82, 2.24) is 10.3 Å². The van der Waals surface area contributed by atoms with E-state index in [2.05, 4.69) is 22.4 Å². The lowest BCUT2D eigenvalue weighted by atomic mass is 10.0. The number of amides is 1. The van der Waals surface area contributed by atoms with Gasteiger partial charge in [-0.05, 0) is 41.1 Å². The number of hydrogen-bond donors (Lipinski definition) is 2. The van der Waals surface area contributed by atoms with E-state index >= 15 is 0 Å². The lowest BCUT2D eigenvalue weighted by Gasteiger charge is -2.15. The zero-order valence-corrected chi connectivity index (χ0v) is 15.5. The summed E-state index contributed by atoms with van der Waals surface area (Å²) in [6.07, 6.45) is 0. The molecular weight excluding hydrogens is 348 g/mol. The summed E-state index contributed by atoms with van der Waals surface area (Å²) in [4.78, 5) is 27.5. The quantitative estimate of drug-likeness (QED) is 0.549. The zero-order chi connectivity index (χ0) is 19.5. The zero-order valence-electron chi connectivity index (χ0n) is 15.5. The second-order valence-corrected chi connectivity index (χ2v) is 6.78. The Kier molecular flexibility index (Phi) is 4.77. The molecule has 1 amide bonds. The lowest BCUT2D eigenvalue weighted by Crippen LogP contribution is -2.29. The summed E-state index contributed by atoms with van der Waals surface area (Å²) in [6, 6.07) is 27.0. The monoisotopic (exact) mass is 368 g/mol. The molecule has 138 valence electrons. The molecule has 4 rings (SSSR count). The maximum atomic E-state index is 12.6. The largest absolute Gasteiger partial charge is 0.344 e. The highest BCUT2D eigenvalue weighted by Crippen LogP contribution is 2.22. The molecule has 0 bridgehead atoms. The highest BCUT2D eigenvalue weighted by Gasteiger charge is 2.14. The van der Waals surface area contributed by atoms with Crippen molar-refractivity contribution in [2.75, 3.05) is 0 Å². The van der Waals surface area contributed by atoms with E-state index in [1.807, 2.05) is 61.5 Å². The normalized spacial score (nSPS) is 11.9. The molecule has 2 N–H and O–H groups in total. The van der Waals surface area contributed by atoms with Crippen LogP contribution >= 0.6 is 0 Å². The van der Waals surface area contributed by atoms with Crippen LogP contribution in [0.25, 0.3) is 21.9 Å². The van der Waals surface area contributed by atoms with Crippen LogP contribution in [0.4, 0.5) is 0 Å². The fraction of sp³-hybridized carbons (Fsp3) is 0.0833. The standard InChI is InChI=1S/C24H20N2O2/c1-16(17-11-13-19(14-12-17)18-7-3-2-4-8-18)25-24(28)22-15-20-9-5-6-10-21(20)23(27)26-22/h2-16H,1H3,(H,25,28)(H,26,27). The van der Waals surface area contributed by atoms with E-state index in [1.165, 1.54) is 0 Å². The summed E-state index contributed by atoms with van der Waals surface area (Å²) in [7, 11) is 0. The van der Waals surface area contributed by atoms with Gasteiger partial charge in [-0.15, -0.1) is 0 Å². The third kappa shape index (κ3) is 3.58. The molecule has 4 aromatic rings. The summed E-state index contributed by atoms with van der Waals surface area (Å²) in [6.45, 7) is 1.93. The summed E-state index contributed by atoms with van der Waals surface area (Å²) in [5.41, 5.74) is 3.27. The smallest absolute Gasteiger partial charge is 0.268 e. The number of pyridine rings is 1. The Balaban J connectivity index is 1.52. The first kappa shape index (κ1) is 17.7. The van der Waals surface area contributed by atoms with Crippen LogP contribution in [0.2, 0.25) is 0 Å². The molecule has 4 heteroatoms. The number of fused-ring (bicyclic) bond motifs is 1. The minimum atomic E-state index is -0.303. The Hall–Kier alpha value is -3.66. The number of H-pyrrole nitrogens is 1. The lowest BCUT2D eigenvalue weighted by molar-refractivity contribution is 0.0935. The Morgan fingerprint density at radius 3 is 2.25 bits per heavy atom. The van der Waals surface area contributed by atoms with Crippen molar-refractivity contribution < 1.29 is 4.79 Å². The summed E-state index contributed by atoms with van der Waals surface area (Å²) in [5.74, 6) is -0.303. The molecule has 3 aromatic carbocycles. The number of rotatable bonds is 4. The Labute approximate surface area is 162 Å². The predicted molar refractivity (Wildman–Crippen MR) is 112 cm³/mol. The third-order valence-corrected chi connectivity index (χ3v) is 4.86. The van der Waals surface area contributed by atoms with Gasteiger partial charge in [0.15, 0.2) is 0 Å². The van der Waals surface area contributed by atoms with E-state index in [4.69, 9.17) is 0 Å². The van der Waals surface area contributed by atoms with Crippen LogP contribution in [-0.2, 0) is 0 Å². The minimum Gasteiger partial charge on any atom is -0.344 e. The molecule has 0 aliphatic rings. The van der Waals surface area contributed by atoms with Gasteiger partial charge in [0.25, 0.3) is 11.5 Å². The first-order chi connectivity index (χ1) is 13.6. The van der Waals surface area contributed by atoms with Crippen molar-refractivity contribution in [1.29, 1.82) is 0 Å². The molecule has 0 saturated heterocycles. The molecule has 4 nitrogen and oxygen atoms in total. The van der Waals surface area contributed by atoms with Gasteiger partial charge in [0.1, 0.15) is 5.69 Å².